The Balaban J connectivity index is 1.58. The number of amides is 1. The summed E-state index contributed by atoms with van der Waals surface area (Å²) in [7, 11) is 4.00. The molecule has 1 aliphatic heterocycles. The molecule has 8 nitrogen and oxygen atoms in total. The van der Waals surface area contributed by atoms with E-state index in [4.69, 9.17) is 0 Å². The lowest BCUT2D eigenvalue weighted by molar-refractivity contribution is -0.133. The number of anilines is 1. The Kier molecular flexibility index (Phi) is 4.39. The maximum atomic E-state index is 12.9. The molecular weight excluding hydrogens is 344 g/mol. The van der Waals surface area contributed by atoms with Crippen molar-refractivity contribution in [2.24, 2.45) is 0 Å². The number of carbonyl (C=O) groups is 1. The van der Waals surface area contributed by atoms with Crippen LogP contribution < -0.4 is 10.5 Å². The summed E-state index contributed by atoms with van der Waals surface area (Å²) < 4.78 is 2.62. The first-order valence-corrected chi connectivity index (χ1v) is 9.01. The lowest BCUT2D eigenvalue weighted by Crippen LogP contribution is -2.37. The molecule has 1 fully saturated rings. The number of aromatic nitrogens is 4. The Morgan fingerprint density at radius 2 is 2.11 bits per heavy atom. The largest absolute Gasteiger partial charge is 0.378 e. The van der Waals surface area contributed by atoms with Gasteiger partial charge in [-0.2, -0.15) is 10.2 Å². The summed E-state index contributed by atoms with van der Waals surface area (Å²) >= 11 is 0. The molecule has 3 heterocycles. The molecule has 0 saturated carbocycles. The Labute approximate surface area is 156 Å². The summed E-state index contributed by atoms with van der Waals surface area (Å²) in [6.45, 7) is 0.629. The SMILES string of the molecule is CN(C)c1cccc(C2CCCN2C(=O)Cn2ncn3nccc3c2=O)c1. The molecule has 1 aromatic carbocycles. The lowest BCUT2D eigenvalue weighted by atomic mass is 10.0. The van der Waals surface area contributed by atoms with Crippen LogP contribution in [0, 0.1) is 0 Å². The van der Waals surface area contributed by atoms with Gasteiger partial charge in [-0.3, -0.25) is 9.59 Å². The Hall–Kier alpha value is -3.16. The second-order valence-corrected chi connectivity index (χ2v) is 6.99. The molecule has 4 rings (SSSR count). The lowest BCUT2D eigenvalue weighted by Gasteiger charge is -2.26. The zero-order valence-corrected chi connectivity index (χ0v) is 15.4. The van der Waals surface area contributed by atoms with Crippen molar-refractivity contribution in [3.8, 4) is 0 Å². The van der Waals surface area contributed by atoms with Crippen LogP contribution in [0.25, 0.3) is 5.52 Å². The summed E-state index contributed by atoms with van der Waals surface area (Å²) in [6.07, 6.45) is 4.87. The number of likely N-dealkylation sites (tertiary alicyclic amines) is 1. The van der Waals surface area contributed by atoms with Crippen molar-refractivity contribution in [3.05, 3.63) is 58.8 Å². The van der Waals surface area contributed by atoms with Gasteiger partial charge in [0.1, 0.15) is 18.4 Å². The second kappa shape index (κ2) is 6.86. The number of fused-ring (bicyclic) bond motifs is 1. The molecule has 0 bridgehead atoms. The summed E-state index contributed by atoms with van der Waals surface area (Å²) in [5.41, 5.74) is 2.33. The molecule has 8 heteroatoms. The first kappa shape index (κ1) is 17.3. The van der Waals surface area contributed by atoms with Crippen LogP contribution in [0.2, 0.25) is 0 Å². The maximum absolute atomic E-state index is 12.9. The molecule has 3 aromatic rings. The Morgan fingerprint density at radius 1 is 1.26 bits per heavy atom. The highest BCUT2D eigenvalue weighted by atomic mass is 16.2. The van der Waals surface area contributed by atoms with Gasteiger partial charge in [0.2, 0.25) is 5.91 Å². The zero-order chi connectivity index (χ0) is 19.0. The van der Waals surface area contributed by atoms with Crippen molar-refractivity contribution in [2.75, 3.05) is 25.5 Å². The molecular formula is C19H22N6O2. The van der Waals surface area contributed by atoms with Crippen LogP contribution in [0.5, 0.6) is 0 Å². The second-order valence-electron chi connectivity index (χ2n) is 6.99. The third kappa shape index (κ3) is 3.18. The Morgan fingerprint density at radius 3 is 2.93 bits per heavy atom. The van der Waals surface area contributed by atoms with E-state index in [-0.39, 0.29) is 24.1 Å². The standard InChI is InChI=1S/C19H22N6O2/c1-22(2)15-6-3-5-14(11-15)16-7-4-10-23(16)18(26)12-24-19(27)17-8-9-20-25(17)13-21-24/h3,5-6,8-9,11,13,16H,4,7,10,12H2,1-2H3. The zero-order valence-electron chi connectivity index (χ0n) is 15.4. The number of benzene rings is 1. The van der Waals surface area contributed by atoms with Crippen molar-refractivity contribution in [2.45, 2.75) is 25.4 Å². The number of hydrogen-bond donors (Lipinski definition) is 0. The summed E-state index contributed by atoms with van der Waals surface area (Å²) in [5, 5.41) is 8.07. The molecule has 0 N–H and O–H groups in total. The molecule has 1 amide bonds. The van der Waals surface area contributed by atoms with Crippen LogP contribution in [0.4, 0.5) is 5.69 Å². The van der Waals surface area contributed by atoms with E-state index in [1.165, 1.54) is 15.5 Å². The molecule has 1 atom stereocenters. The molecule has 1 aliphatic rings. The highest BCUT2D eigenvalue weighted by Gasteiger charge is 2.30. The van der Waals surface area contributed by atoms with Gasteiger partial charge in [-0.05, 0) is 36.6 Å². The number of rotatable bonds is 4. The minimum absolute atomic E-state index is 0.0341. The molecule has 1 saturated heterocycles. The molecule has 27 heavy (non-hydrogen) atoms. The number of carbonyl (C=O) groups excluding carboxylic acids is 1. The molecule has 0 radical (unpaired) electrons. The topological polar surface area (TPSA) is 75.7 Å². The van der Waals surface area contributed by atoms with E-state index in [1.54, 1.807) is 12.3 Å². The Bertz CT molecular complexity index is 1040. The number of hydrogen-bond acceptors (Lipinski definition) is 5. The highest BCUT2D eigenvalue weighted by Crippen LogP contribution is 2.33. The van der Waals surface area contributed by atoms with Gasteiger partial charge in [0.05, 0.1) is 12.2 Å². The normalized spacial score (nSPS) is 16.8. The van der Waals surface area contributed by atoms with Gasteiger partial charge in [-0.15, -0.1) is 0 Å². The van der Waals surface area contributed by atoms with E-state index in [0.717, 1.165) is 24.1 Å². The third-order valence-electron chi connectivity index (χ3n) is 5.05. The van der Waals surface area contributed by atoms with E-state index >= 15 is 0 Å². The third-order valence-corrected chi connectivity index (χ3v) is 5.05. The fourth-order valence-corrected chi connectivity index (χ4v) is 3.63. The monoisotopic (exact) mass is 366 g/mol. The van der Waals surface area contributed by atoms with Gasteiger partial charge < -0.3 is 9.80 Å². The van der Waals surface area contributed by atoms with Gasteiger partial charge in [0, 0.05) is 26.3 Å². The quantitative estimate of drug-likeness (QED) is 0.696. The fraction of sp³-hybridized carbons (Fsp3) is 0.368. The van der Waals surface area contributed by atoms with Gasteiger partial charge in [-0.25, -0.2) is 9.20 Å². The first-order valence-electron chi connectivity index (χ1n) is 9.01. The van der Waals surface area contributed by atoms with E-state index in [1.807, 2.05) is 25.1 Å². The average molecular weight is 366 g/mol. The van der Waals surface area contributed by atoms with Gasteiger partial charge in [0.25, 0.3) is 5.56 Å². The predicted octanol–water partition coefficient (Wildman–Crippen LogP) is 1.32. The van der Waals surface area contributed by atoms with Gasteiger partial charge in [-0.1, -0.05) is 12.1 Å². The smallest absolute Gasteiger partial charge is 0.293 e. The summed E-state index contributed by atoms with van der Waals surface area (Å²) in [6, 6.07) is 9.91. The van der Waals surface area contributed by atoms with Crippen LogP contribution in [-0.2, 0) is 11.3 Å². The fourth-order valence-electron chi connectivity index (χ4n) is 3.63. The molecule has 1 unspecified atom stereocenters. The summed E-state index contributed by atoms with van der Waals surface area (Å²) in [4.78, 5) is 29.3. The minimum atomic E-state index is -0.311. The van der Waals surface area contributed by atoms with Crippen LogP contribution in [0.1, 0.15) is 24.4 Å². The predicted molar refractivity (Wildman–Crippen MR) is 102 cm³/mol. The van der Waals surface area contributed by atoms with Gasteiger partial charge in [0.15, 0.2) is 0 Å². The van der Waals surface area contributed by atoms with Gasteiger partial charge >= 0.3 is 0 Å². The molecule has 2 aromatic heterocycles. The van der Waals surface area contributed by atoms with E-state index in [0.29, 0.717) is 12.1 Å². The maximum Gasteiger partial charge on any atom is 0.293 e. The van der Waals surface area contributed by atoms with E-state index in [9.17, 15) is 9.59 Å². The van der Waals surface area contributed by atoms with Crippen molar-refractivity contribution < 1.29 is 4.79 Å². The molecule has 140 valence electrons. The van der Waals surface area contributed by atoms with E-state index < -0.39 is 0 Å². The molecule has 0 aliphatic carbocycles. The summed E-state index contributed by atoms with van der Waals surface area (Å²) in [5.74, 6) is -0.0915. The van der Waals surface area contributed by atoms with Crippen LogP contribution >= 0.6 is 0 Å². The molecule has 0 spiro atoms. The number of nitrogens with zero attached hydrogens (tertiary/aromatic N) is 6. The minimum Gasteiger partial charge on any atom is -0.378 e. The van der Waals surface area contributed by atoms with Crippen LogP contribution in [0.3, 0.4) is 0 Å². The van der Waals surface area contributed by atoms with Crippen molar-refractivity contribution >= 4 is 17.1 Å². The van der Waals surface area contributed by atoms with Crippen molar-refractivity contribution in [1.29, 1.82) is 0 Å². The average Bonchev–Trinajstić information content (AvgIpc) is 3.33. The first-order chi connectivity index (χ1) is 13.0. The highest BCUT2D eigenvalue weighted by molar-refractivity contribution is 5.77. The van der Waals surface area contributed by atoms with Crippen LogP contribution in [-0.4, -0.2) is 50.8 Å². The van der Waals surface area contributed by atoms with Crippen molar-refractivity contribution in [1.82, 2.24) is 24.3 Å². The van der Waals surface area contributed by atoms with Crippen molar-refractivity contribution in [3.63, 3.8) is 0 Å². The van der Waals surface area contributed by atoms with Crippen LogP contribution in [0.15, 0.2) is 47.7 Å². The van der Waals surface area contributed by atoms with E-state index in [2.05, 4.69) is 33.3 Å².